The van der Waals surface area contributed by atoms with E-state index in [1.54, 1.807) is 11.8 Å². The zero-order valence-electron chi connectivity index (χ0n) is 15.2. The number of hydrogen-bond acceptors (Lipinski definition) is 7. The molecule has 0 radical (unpaired) electrons. The predicted octanol–water partition coefficient (Wildman–Crippen LogP) is -0.658. The van der Waals surface area contributed by atoms with Gasteiger partial charge in [0.2, 0.25) is 11.8 Å². The number of aryl methyl sites for hydroxylation is 1. The molecule has 2 amide bonds. The van der Waals surface area contributed by atoms with E-state index in [4.69, 9.17) is 0 Å². The predicted molar refractivity (Wildman–Crippen MR) is 92.1 cm³/mol. The number of nitrogens with zero attached hydrogens (tertiary/aromatic N) is 4. The van der Waals surface area contributed by atoms with Crippen molar-refractivity contribution in [2.45, 2.75) is 38.7 Å². The highest BCUT2D eigenvalue weighted by molar-refractivity contribution is 5.82. The van der Waals surface area contributed by atoms with Crippen molar-refractivity contribution in [2.75, 3.05) is 39.3 Å². The number of likely N-dealkylation sites (tertiary alicyclic amines) is 2. The summed E-state index contributed by atoms with van der Waals surface area (Å²) in [6.45, 7) is 5.95. The number of carbonyl (C=O) groups excluding carboxylic acids is 2. The van der Waals surface area contributed by atoms with Gasteiger partial charge < -0.3 is 20.2 Å². The minimum absolute atomic E-state index is 0.0920. The van der Waals surface area contributed by atoms with Crippen molar-refractivity contribution in [3.8, 4) is 0 Å². The zero-order valence-corrected chi connectivity index (χ0v) is 15.2. The van der Waals surface area contributed by atoms with Gasteiger partial charge in [-0.2, -0.15) is 0 Å². The maximum atomic E-state index is 12.5. The molecule has 144 valence electrons. The van der Waals surface area contributed by atoms with Gasteiger partial charge >= 0.3 is 0 Å². The molecule has 26 heavy (non-hydrogen) atoms. The van der Waals surface area contributed by atoms with Gasteiger partial charge in [-0.05, 0) is 39.3 Å². The summed E-state index contributed by atoms with van der Waals surface area (Å²) < 4.78 is 4.62. The molecule has 2 aliphatic heterocycles. The smallest absolute Gasteiger partial charge is 0.228 e. The first kappa shape index (κ1) is 18.8. The summed E-state index contributed by atoms with van der Waals surface area (Å²) in [7, 11) is 0. The van der Waals surface area contributed by atoms with Crippen molar-refractivity contribution in [2.24, 2.45) is 5.92 Å². The van der Waals surface area contributed by atoms with E-state index in [0.717, 1.165) is 19.6 Å². The SMILES string of the molecule is Cc1nonc1CC(=O)N1CC[C@@H](O)[C@@H](C(=O)NCCN2CCCC2)C1. The average molecular weight is 365 g/mol. The Kier molecular flexibility index (Phi) is 6.20. The van der Waals surface area contributed by atoms with Gasteiger partial charge in [0.05, 0.1) is 18.4 Å². The number of rotatable bonds is 6. The van der Waals surface area contributed by atoms with Crippen LogP contribution in [-0.4, -0.2) is 82.4 Å². The molecule has 0 spiro atoms. The summed E-state index contributed by atoms with van der Waals surface area (Å²) in [5.74, 6) is -0.915. The second-order valence-electron chi connectivity index (χ2n) is 7.12. The largest absolute Gasteiger partial charge is 0.392 e. The quantitative estimate of drug-likeness (QED) is 0.688. The normalized spacial score (nSPS) is 24.0. The van der Waals surface area contributed by atoms with Crippen molar-refractivity contribution in [3.05, 3.63) is 11.4 Å². The van der Waals surface area contributed by atoms with E-state index in [1.165, 1.54) is 12.8 Å². The molecule has 0 bridgehead atoms. The van der Waals surface area contributed by atoms with Crippen molar-refractivity contribution in [1.29, 1.82) is 0 Å². The van der Waals surface area contributed by atoms with Crippen LogP contribution in [-0.2, 0) is 16.0 Å². The molecule has 1 aromatic heterocycles. The molecule has 3 heterocycles. The van der Waals surface area contributed by atoms with Gasteiger partial charge in [-0.15, -0.1) is 0 Å². The Hall–Kier alpha value is -2.00. The highest BCUT2D eigenvalue weighted by Crippen LogP contribution is 2.19. The summed E-state index contributed by atoms with van der Waals surface area (Å²) in [4.78, 5) is 28.9. The van der Waals surface area contributed by atoms with E-state index >= 15 is 0 Å². The molecule has 0 aliphatic carbocycles. The number of nitrogens with one attached hydrogen (secondary N) is 1. The van der Waals surface area contributed by atoms with E-state index in [-0.39, 0.29) is 24.8 Å². The van der Waals surface area contributed by atoms with Crippen LogP contribution in [0.3, 0.4) is 0 Å². The summed E-state index contributed by atoms with van der Waals surface area (Å²) in [5, 5.41) is 20.5. The highest BCUT2D eigenvalue weighted by Gasteiger charge is 2.35. The van der Waals surface area contributed by atoms with Crippen LogP contribution < -0.4 is 5.32 Å². The molecule has 9 heteroatoms. The van der Waals surface area contributed by atoms with Gasteiger partial charge in [-0.25, -0.2) is 4.63 Å². The maximum absolute atomic E-state index is 12.5. The molecule has 2 aliphatic rings. The summed E-state index contributed by atoms with van der Waals surface area (Å²) in [6.07, 6.45) is 2.20. The Morgan fingerprint density at radius 2 is 2.04 bits per heavy atom. The number of hydrogen-bond donors (Lipinski definition) is 2. The molecule has 2 fully saturated rings. The van der Waals surface area contributed by atoms with Crippen LogP contribution in [0.15, 0.2) is 4.63 Å². The molecular weight excluding hydrogens is 338 g/mol. The van der Waals surface area contributed by atoms with Crippen LogP contribution in [0.5, 0.6) is 0 Å². The van der Waals surface area contributed by atoms with Gasteiger partial charge in [0.15, 0.2) is 0 Å². The summed E-state index contributed by atoms with van der Waals surface area (Å²) in [6, 6.07) is 0. The van der Waals surface area contributed by atoms with Crippen molar-refractivity contribution >= 4 is 11.8 Å². The molecule has 3 rings (SSSR count). The van der Waals surface area contributed by atoms with Crippen molar-refractivity contribution in [3.63, 3.8) is 0 Å². The van der Waals surface area contributed by atoms with Crippen LogP contribution in [0.1, 0.15) is 30.7 Å². The van der Waals surface area contributed by atoms with Crippen LogP contribution in [0, 0.1) is 12.8 Å². The zero-order chi connectivity index (χ0) is 18.5. The van der Waals surface area contributed by atoms with Crippen molar-refractivity contribution in [1.82, 2.24) is 25.4 Å². The Morgan fingerprint density at radius 3 is 2.73 bits per heavy atom. The van der Waals surface area contributed by atoms with Gasteiger partial charge in [0, 0.05) is 26.2 Å². The van der Waals surface area contributed by atoms with Crippen LogP contribution >= 0.6 is 0 Å². The highest BCUT2D eigenvalue weighted by atomic mass is 16.6. The molecular formula is C17H27N5O4. The lowest BCUT2D eigenvalue weighted by molar-refractivity contribution is -0.139. The Morgan fingerprint density at radius 1 is 1.27 bits per heavy atom. The first-order valence-corrected chi connectivity index (χ1v) is 9.28. The van der Waals surface area contributed by atoms with E-state index < -0.39 is 12.0 Å². The molecule has 2 saturated heterocycles. The van der Waals surface area contributed by atoms with E-state index in [0.29, 0.717) is 30.9 Å². The fourth-order valence-corrected chi connectivity index (χ4v) is 3.56. The van der Waals surface area contributed by atoms with Gasteiger partial charge in [-0.3, -0.25) is 9.59 Å². The topological polar surface area (TPSA) is 112 Å². The van der Waals surface area contributed by atoms with Gasteiger partial charge in [-0.1, -0.05) is 10.3 Å². The number of carbonyl (C=O) groups is 2. The third-order valence-electron chi connectivity index (χ3n) is 5.26. The molecule has 0 unspecified atom stereocenters. The average Bonchev–Trinajstić information content (AvgIpc) is 3.27. The fourth-order valence-electron chi connectivity index (χ4n) is 3.56. The Bertz CT molecular complexity index is 628. The first-order chi connectivity index (χ1) is 12.5. The number of amides is 2. The molecule has 9 nitrogen and oxygen atoms in total. The fraction of sp³-hybridized carbons (Fsp3) is 0.765. The third-order valence-corrected chi connectivity index (χ3v) is 5.26. The minimum atomic E-state index is -0.721. The minimum Gasteiger partial charge on any atom is -0.392 e. The summed E-state index contributed by atoms with van der Waals surface area (Å²) >= 11 is 0. The number of piperidine rings is 1. The second-order valence-corrected chi connectivity index (χ2v) is 7.12. The monoisotopic (exact) mass is 365 g/mol. The van der Waals surface area contributed by atoms with Crippen LogP contribution in [0.25, 0.3) is 0 Å². The molecule has 2 atom stereocenters. The Balaban J connectivity index is 1.49. The van der Waals surface area contributed by atoms with E-state index in [1.807, 2.05) is 0 Å². The number of aliphatic hydroxyl groups excluding tert-OH is 1. The van der Waals surface area contributed by atoms with Crippen LogP contribution in [0.2, 0.25) is 0 Å². The van der Waals surface area contributed by atoms with E-state index in [9.17, 15) is 14.7 Å². The Labute approximate surface area is 152 Å². The summed E-state index contributed by atoms with van der Waals surface area (Å²) in [5.41, 5.74) is 1.10. The number of aromatic nitrogens is 2. The second kappa shape index (κ2) is 8.59. The maximum Gasteiger partial charge on any atom is 0.228 e. The van der Waals surface area contributed by atoms with E-state index in [2.05, 4.69) is 25.2 Å². The lowest BCUT2D eigenvalue weighted by atomic mass is 9.93. The first-order valence-electron chi connectivity index (χ1n) is 9.28. The lowest BCUT2D eigenvalue weighted by Crippen LogP contribution is -2.52. The van der Waals surface area contributed by atoms with Crippen molar-refractivity contribution < 1.29 is 19.3 Å². The van der Waals surface area contributed by atoms with Gasteiger partial charge in [0.25, 0.3) is 0 Å². The standard InChI is InChI=1S/C17H27N5O4/c1-12-14(20-26-19-12)10-16(24)22-8-4-15(23)13(11-22)17(25)18-5-9-21-6-2-3-7-21/h13,15,23H,2-11H2,1H3,(H,18,25)/t13-,15+/m0/s1. The lowest BCUT2D eigenvalue weighted by Gasteiger charge is -2.35. The number of aliphatic hydroxyl groups is 1. The third kappa shape index (κ3) is 4.59. The van der Waals surface area contributed by atoms with Gasteiger partial charge in [0.1, 0.15) is 11.4 Å². The molecule has 0 saturated carbocycles. The molecule has 2 N–H and O–H groups in total. The molecule has 1 aromatic rings. The van der Waals surface area contributed by atoms with Crippen LogP contribution in [0.4, 0.5) is 0 Å². The molecule has 0 aromatic carbocycles.